The summed E-state index contributed by atoms with van der Waals surface area (Å²) in [5.41, 5.74) is 1.52. The Morgan fingerprint density at radius 2 is 1.61 bits per heavy atom. The molecule has 2 rings (SSSR count). The van der Waals surface area contributed by atoms with Crippen LogP contribution >= 0.6 is 0 Å². The monoisotopic (exact) mass is 312 g/mol. The van der Waals surface area contributed by atoms with E-state index in [1.54, 1.807) is 30.3 Å². The van der Waals surface area contributed by atoms with Crippen LogP contribution in [0.1, 0.15) is 40.1 Å². The number of para-hydroxylation sites is 1. The largest absolute Gasteiger partial charge is 0.462 e. The molecule has 0 unspecified atom stereocenters. The van der Waals surface area contributed by atoms with Crippen LogP contribution in [0.15, 0.2) is 48.5 Å². The van der Waals surface area contributed by atoms with E-state index < -0.39 is 11.9 Å². The first kappa shape index (κ1) is 16.7. The summed E-state index contributed by atoms with van der Waals surface area (Å²) in [4.78, 5) is 24.2. The number of hydrogen-bond acceptors (Lipinski definition) is 4. The van der Waals surface area contributed by atoms with Crippen molar-refractivity contribution in [2.24, 2.45) is 5.92 Å². The molecule has 0 N–H and O–H groups in total. The average Bonchev–Trinajstić information content (AvgIpc) is 2.54. The lowest BCUT2D eigenvalue weighted by molar-refractivity contribution is 0.0459. The van der Waals surface area contributed by atoms with Gasteiger partial charge in [-0.25, -0.2) is 9.59 Å². The van der Waals surface area contributed by atoms with Gasteiger partial charge in [0.2, 0.25) is 0 Å². The van der Waals surface area contributed by atoms with Crippen molar-refractivity contribution >= 4 is 11.9 Å². The fourth-order valence-electron chi connectivity index (χ4n) is 1.93. The number of ether oxygens (including phenoxy) is 2. The molecule has 2 aromatic rings. The molecule has 0 heterocycles. The second kappa shape index (κ2) is 7.58. The summed E-state index contributed by atoms with van der Waals surface area (Å²) in [6.07, 6.45) is 0. The highest BCUT2D eigenvalue weighted by Crippen LogP contribution is 2.18. The second-order valence-corrected chi connectivity index (χ2v) is 5.73. The van der Waals surface area contributed by atoms with Gasteiger partial charge < -0.3 is 9.47 Å². The van der Waals surface area contributed by atoms with Gasteiger partial charge in [-0.05, 0) is 42.7 Å². The smallest absolute Gasteiger partial charge is 0.343 e. The van der Waals surface area contributed by atoms with Crippen LogP contribution in [0, 0.1) is 12.8 Å². The van der Waals surface area contributed by atoms with Gasteiger partial charge >= 0.3 is 11.9 Å². The normalized spacial score (nSPS) is 10.4. The molecule has 0 aliphatic heterocycles. The van der Waals surface area contributed by atoms with Gasteiger partial charge in [0.25, 0.3) is 0 Å². The predicted molar refractivity (Wildman–Crippen MR) is 87.7 cm³/mol. The van der Waals surface area contributed by atoms with Gasteiger partial charge in [0.1, 0.15) is 5.75 Å². The lowest BCUT2D eigenvalue weighted by atomic mass is 10.1. The summed E-state index contributed by atoms with van der Waals surface area (Å²) >= 11 is 0. The third-order valence-electron chi connectivity index (χ3n) is 3.18. The Morgan fingerprint density at radius 3 is 2.26 bits per heavy atom. The van der Waals surface area contributed by atoms with E-state index in [0.717, 1.165) is 5.56 Å². The van der Waals surface area contributed by atoms with Gasteiger partial charge in [0.15, 0.2) is 0 Å². The maximum absolute atomic E-state index is 12.2. The Morgan fingerprint density at radius 1 is 0.957 bits per heavy atom. The molecule has 0 spiro atoms. The van der Waals surface area contributed by atoms with Crippen molar-refractivity contribution < 1.29 is 19.1 Å². The molecule has 23 heavy (non-hydrogen) atoms. The summed E-state index contributed by atoms with van der Waals surface area (Å²) < 4.78 is 10.5. The van der Waals surface area contributed by atoms with Crippen LogP contribution in [-0.4, -0.2) is 18.5 Å². The van der Waals surface area contributed by atoms with Crippen molar-refractivity contribution in [1.29, 1.82) is 0 Å². The van der Waals surface area contributed by atoms with E-state index in [2.05, 4.69) is 0 Å². The van der Waals surface area contributed by atoms with Crippen LogP contribution in [0.5, 0.6) is 5.75 Å². The zero-order valence-corrected chi connectivity index (χ0v) is 13.5. The minimum absolute atomic E-state index is 0.258. The van der Waals surface area contributed by atoms with Gasteiger partial charge in [-0.15, -0.1) is 0 Å². The minimum Gasteiger partial charge on any atom is -0.462 e. The van der Waals surface area contributed by atoms with Crippen LogP contribution in [0.2, 0.25) is 0 Å². The fourth-order valence-corrected chi connectivity index (χ4v) is 1.93. The first-order valence-corrected chi connectivity index (χ1v) is 7.52. The summed E-state index contributed by atoms with van der Waals surface area (Å²) in [5, 5.41) is 0. The van der Waals surface area contributed by atoms with Gasteiger partial charge in [-0.3, -0.25) is 0 Å². The molecule has 4 nitrogen and oxygen atoms in total. The lowest BCUT2D eigenvalue weighted by Crippen LogP contribution is -2.13. The van der Waals surface area contributed by atoms with Crippen molar-refractivity contribution in [3.05, 3.63) is 65.2 Å². The highest BCUT2D eigenvalue weighted by Gasteiger charge is 2.14. The van der Waals surface area contributed by atoms with Crippen LogP contribution in [0.25, 0.3) is 0 Å². The molecule has 0 radical (unpaired) electrons. The van der Waals surface area contributed by atoms with E-state index in [-0.39, 0.29) is 5.92 Å². The van der Waals surface area contributed by atoms with Crippen molar-refractivity contribution in [3.8, 4) is 5.75 Å². The van der Waals surface area contributed by atoms with Crippen LogP contribution in [-0.2, 0) is 4.74 Å². The van der Waals surface area contributed by atoms with E-state index >= 15 is 0 Å². The third-order valence-corrected chi connectivity index (χ3v) is 3.18. The van der Waals surface area contributed by atoms with E-state index in [4.69, 9.17) is 9.47 Å². The zero-order chi connectivity index (χ0) is 16.8. The van der Waals surface area contributed by atoms with Crippen LogP contribution in [0.3, 0.4) is 0 Å². The molecule has 0 aliphatic rings. The topological polar surface area (TPSA) is 52.6 Å². The number of benzene rings is 2. The Kier molecular flexibility index (Phi) is 5.52. The first-order chi connectivity index (χ1) is 11.0. The number of aryl methyl sites for hydroxylation is 1. The SMILES string of the molecule is Cc1ccccc1OC(=O)c1cccc(C(=O)OCC(C)C)c1. The average molecular weight is 312 g/mol. The number of esters is 2. The minimum atomic E-state index is -0.502. The second-order valence-electron chi connectivity index (χ2n) is 5.73. The molecule has 120 valence electrons. The van der Waals surface area contributed by atoms with Gasteiger partial charge in [-0.2, -0.15) is 0 Å². The summed E-state index contributed by atoms with van der Waals surface area (Å²) in [6.45, 7) is 6.13. The van der Waals surface area contributed by atoms with Crippen LogP contribution in [0.4, 0.5) is 0 Å². The molecule has 2 aromatic carbocycles. The molecule has 0 amide bonds. The van der Waals surface area contributed by atoms with E-state index in [1.807, 2.05) is 32.9 Å². The molecule has 0 bridgehead atoms. The van der Waals surface area contributed by atoms with Gasteiger partial charge in [0.05, 0.1) is 17.7 Å². The number of carbonyl (C=O) groups excluding carboxylic acids is 2. The lowest BCUT2D eigenvalue weighted by Gasteiger charge is -2.09. The van der Waals surface area contributed by atoms with Crippen molar-refractivity contribution in [2.45, 2.75) is 20.8 Å². The molecule has 0 aliphatic carbocycles. The third kappa shape index (κ3) is 4.68. The fraction of sp³-hybridized carbons (Fsp3) is 0.263. The summed E-state index contributed by atoms with van der Waals surface area (Å²) in [5.74, 6) is -0.180. The molecular formula is C19H20O4. The van der Waals surface area contributed by atoms with E-state index in [9.17, 15) is 9.59 Å². The molecule has 0 saturated carbocycles. The Hall–Kier alpha value is -2.62. The van der Waals surface area contributed by atoms with Crippen LogP contribution < -0.4 is 4.74 Å². The summed E-state index contributed by atoms with van der Waals surface area (Å²) in [6, 6.07) is 13.6. The zero-order valence-electron chi connectivity index (χ0n) is 13.5. The van der Waals surface area contributed by atoms with E-state index in [1.165, 1.54) is 6.07 Å². The Bertz CT molecular complexity index is 704. The standard InChI is InChI=1S/C19H20O4/c1-13(2)12-22-18(20)15-8-6-9-16(11-15)19(21)23-17-10-5-4-7-14(17)3/h4-11,13H,12H2,1-3H3. The molecule has 0 aromatic heterocycles. The Labute approximate surface area is 136 Å². The van der Waals surface area contributed by atoms with E-state index in [0.29, 0.717) is 23.5 Å². The number of rotatable bonds is 5. The van der Waals surface area contributed by atoms with Crippen molar-refractivity contribution in [2.75, 3.05) is 6.61 Å². The quantitative estimate of drug-likeness (QED) is 0.618. The Balaban J connectivity index is 2.11. The molecular weight excluding hydrogens is 292 g/mol. The highest BCUT2D eigenvalue weighted by atomic mass is 16.5. The molecule has 4 heteroatoms. The number of hydrogen-bond donors (Lipinski definition) is 0. The molecule has 0 fully saturated rings. The van der Waals surface area contributed by atoms with Gasteiger partial charge in [0, 0.05) is 0 Å². The maximum atomic E-state index is 12.2. The van der Waals surface area contributed by atoms with Crippen molar-refractivity contribution in [1.82, 2.24) is 0 Å². The van der Waals surface area contributed by atoms with Crippen molar-refractivity contribution in [3.63, 3.8) is 0 Å². The first-order valence-electron chi connectivity index (χ1n) is 7.52. The highest BCUT2D eigenvalue weighted by molar-refractivity contribution is 5.96. The summed E-state index contributed by atoms with van der Waals surface area (Å²) in [7, 11) is 0. The molecule has 0 saturated heterocycles. The number of carbonyl (C=O) groups is 2. The maximum Gasteiger partial charge on any atom is 0.343 e. The molecule has 0 atom stereocenters. The predicted octanol–water partition coefficient (Wildman–Crippen LogP) is 4.03. The van der Waals surface area contributed by atoms with Gasteiger partial charge in [-0.1, -0.05) is 38.1 Å².